The lowest BCUT2D eigenvalue weighted by molar-refractivity contribution is 0.146. The van der Waals surface area contributed by atoms with Crippen molar-refractivity contribution in [3.8, 4) is 0 Å². The molecule has 0 heteroatoms. The van der Waals surface area contributed by atoms with E-state index in [0.29, 0.717) is 0 Å². The zero-order valence-electron chi connectivity index (χ0n) is 8.06. The first-order valence-electron chi connectivity index (χ1n) is 4.74. The number of rotatable bonds is 3. The van der Waals surface area contributed by atoms with Crippen molar-refractivity contribution in [2.75, 3.05) is 0 Å². The molecule has 1 unspecified atom stereocenters. The van der Waals surface area contributed by atoms with Crippen molar-refractivity contribution >= 4 is 0 Å². The van der Waals surface area contributed by atoms with Gasteiger partial charge in [-0.05, 0) is 43.9 Å². The Morgan fingerprint density at radius 2 is 2.09 bits per heavy atom. The van der Waals surface area contributed by atoms with E-state index in [9.17, 15) is 0 Å². The van der Waals surface area contributed by atoms with Crippen LogP contribution in [-0.2, 0) is 0 Å². The summed E-state index contributed by atoms with van der Waals surface area (Å²) in [7, 11) is 0. The van der Waals surface area contributed by atoms with Gasteiger partial charge in [-0.1, -0.05) is 19.4 Å². The molecule has 0 aliphatic heterocycles. The zero-order valence-corrected chi connectivity index (χ0v) is 8.06. The van der Waals surface area contributed by atoms with Crippen LogP contribution in [0.2, 0.25) is 0 Å². The lowest BCUT2D eigenvalue weighted by atomic mass is 9.68. The third kappa shape index (κ3) is 2.36. The Morgan fingerprint density at radius 3 is 2.45 bits per heavy atom. The Morgan fingerprint density at radius 1 is 1.55 bits per heavy atom. The average molecular weight is 152 g/mol. The lowest BCUT2D eigenvalue weighted by Gasteiger charge is -2.37. The molecule has 1 aliphatic carbocycles. The second-order valence-electron chi connectivity index (χ2n) is 4.48. The Balaban J connectivity index is 2.21. The van der Waals surface area contributed by atoms with Gasteiger partial charge in [-0.3, -0.25) is 0 Å². The summed E-state index contributed by atoms with van der Waals surface area (Å²) in [5, 5.41) is 0. The van der Waals surface area contributed by atoms with Crippen LogP contribution in [0, 0.1) is 17.8 Å². The maximum atomic E-state index is 3.95. The van der Waals surface area contributed by atoms with E-state index >= 15 is 0 Å². The fraction of sp³-hybridized carbons (Fsp3) is 0.818. The van der Waals surface area contributed by atoms with Gasteiger partial charge in [0.2, 0.25) is 0 Å². The Bertz CT molecular complexity index is 140. The molecule has 0 bridgehead atoms. The van der Waals surface area contributed by atoms with Gasteiger partial charge in [0.15, 0.2) is 0 Å². The van der Waals surface area contributed by atoms with Crippen molar-refractivity contribution in [3.05, 3.63) is 12.2 Å². The molecule has 0 spiro atoms. The van der Waals surface area contributed by atoms with Gasteiger partial charge in [-0.15, -0.1) is 6.58 Å². The highest BCUT2D eigenvalue weighted by Gasteiger charge is 2.29. The van der Waals surface area contributed by atoms with E-state index in [2.05, 4.69) is 27.4 Å². The van der Waals surface area contributed by atoms with Gasteiger partial charge in [0.1, 0.15) is 0 Å². The SMILES string of the molecule is C=C(C)CC(C)C1CC(C)C1. The third-order valence-electron chi connectivity index (χ3n) is 2.89. The molecule has 0 radical (unpaired) electrons. The minimum absolute atomic E-state index is 0.878. The molecule has 1 atom stereocenters. The molecule has 11 heavy (non-hydrogen) atoms. The van der Waals surface area contributed by atoms with E-state index in [-0.39, 0.29) is 0 Å². The second kappa shape index (κ2) is 3.42. The fourth-order valence-electron chi connectivity index (χ4n) is 2.15. The Hall–Kier alpha value is -0.260. The van der Waals surface area contributed by atoms with E-state index < -0.39 is 0 Å². The van der Waals surface area contributed by atoms with Gasteiger partial charge in [-0.25, -0.2) is 0 Å². The van der Waals surface area contributed by atoms with Gasteiger partial charge in [0, 0.05) is 0 Å². The molecule has 0 heterocycles. The Labute approximate surface area is 70.7 Å². The molecular formula is C11H20. The minimum atomic E-state index is 0.878. The predicted octanol–water partition coefficient (Wildman–Crippen LogP) is 3.63. The van der Waals surface area contributed by atoms with E-state index in [1.165, 1.54) is 24.8 Å². The van der Waals surface area contributed by atoms with Crippen molar-refractivity contribution in [3.63, 3.8) is 0 Å². The maximum absolute atomic E-state index is 3.95. The molecule has 0 aromatic rings. The van der Waals surface area contributed by atoms with Crippen LogP contribution in [0.3, 0.4) is 0 Å². The summed E-state index contributed by atoms with van der Waals surface area (Å²) < 4.78 is 0. The fourth-order valence-corrected chi connectivity index (χ4v) is 2.15. The topological polar surface area (TPSA) is 0 Å². The van der Waals surface area contributed by atoms with Gasteiger partial charge in [-0.2, -0.15) is 0 Å². The highest BCUT2D eigenvalue weighted by atomic mass is 14.3. The van der Waals surface area contributed by atoms with Crippen LogP contribution in [0.1, 0.15) is 40.0 Å². The van der Waals surface area contributed by atoms with Gasteiger partial charge < -0.3 is 0 Å². The third-order valence-corrected chi connectivity index (χ3v) is 2.89. The summed E-state index contributed by atoms with van der Waals surface area (Å²) >= 11 is 0. The summed E-state index contributed by atoms with van der Waals surface area (Å²) in [5.74, 6) is 2.87. The van der Waals surface area contributed by atoms with E-state index in [4.69, 9.17) is 0 Å². The number of hydrogen-bond donors (Lipinski definition) is 0. The molecule has 1 fully saturated rings. The number of allylic oxidation sites excluding steroid dienone is 1. The summed E-state index contributed by atoms with van der Waals surface area (Å²) in [4.78, 5) is 0. The van der Waals surface area contributed by atoms with E-state index in [0.717, 1.165) is 17.8 Å². The molecule has 1 saturated carbocycles. The molecule has 0 aromatic carbocycles. The van der Waals surface area contributed by atoms with Gasteiger partial charge in [0.25, 0.3) is 0 Å². The molecule has 64 valence electrons. The highest BCUT2D eigenvalue weighted by Crippen LogP contribution is 2.40. The van der Waals surface area contributed by atoms with Crippen molar-refractivity contribution in [1.29, 1.82) is 0 Å². The molecule has 0 amide bonds. The minimum Gasteiger partial charge on any atom is -0.100 e. The zero-order chi connectivity index (χ0) is 8.43. The van der Waals surface area contributed by atoms with Crippen LogP contribution in [0.4, 0.5) is 0 Å². The van der Waals surface area contributed by atoms with Crippen molar-refractivity contribution in [2.24, 2.45) is 17.8 Å². The van der Waals surface area contributed by atoms with Crippen molar-refractivity contribution in [1.82, 2.24) is 0 Å². The predicted molar refractivity (Wildman–Crippen MR) is 50.5 cm³/mol. The summed E-state index contributed by atoms with van der Waals surface area (Å²) in [5.41, 5.74) is 1.34. The molecule has 1 rings (SSSR count). The van der Waals surface area contributed by atoms with Gasteiger partial charge >= 0.3 is 0 Å². The molecule has 0 saturated heterocycles. The van der Waals surface area contributed by atoms with E-state index in [1.807, 2.05) is 0 Å². The van der Waals surface area contributed by atoms with Crippen molar-refractivity contribution < 1.29 is 0 Å². The average Bonchev–Trinajstić information content (AvgIpc) is 1.79. The molecule has 1 aliphatic rings. The highest BCUT2D eigenvalue weighted by molar-refractivity contribution is 4.93. The maximum Gasteiger partial charge on any atom is -0.0297 e. The lowest BCUT2D eigenvalue weighted by Crippen LogP contribution is -2.26. The smallest absolute Gasteiger partial charge is 0.0297 e. The summed E-state index contributed by atoms with van der Waals surface area (Å²) in [6.45, 7) is 10.8. The molecular weight excluding hydrogens is 132 g/mol. The normalized spacial score (nSPS) is 32.6. The van der Waals surface area contributed by atoms with Crippen LogP contribution in [0.25, 0.3) is 0 Å². The van der Waals surface area contributed by atoms with Crippen LogP contribution in [0.15, 0.2) is 12.2 Å². The molecule has 0 aromatic heterocycles. The van der Waals surface area contributed by atoms with Crippen LogP contribution >= 0.6 is 0 Å². The van der Waals surface area contributed by atoms with Gasteiger partial charge in [0.05, 0.1) is 0 Å². The molecule has 0 nitrogen and oxygen atoms in total. The number of hydrogen-bond acceptors (Lipinski definition) is 0. The monoisotopic (exact) mass is 152 g/mol. The first-order valence-corrected chi connectivity index (χ1v) is 4.74. The second-order valence-corrected chi connectivity index (χ2v) is 4.48. The quantitative estimate of drug-likeness (QED) is 0.542. The van der Waals surface area contributed by atoms with E-state index in [1.54, 1.807) is 0 Å². The molecule has 0 N–H and O–H groups in total. The van der Waals surface area contributed by atoms with Crippen LogP contribution in [0.5, 0.6) is 0 Å². The van der Waals surface area contributed by atoms with Crippen molar-refractivity contribution in [2.45, 2.75) is 40.0 Å². The largest absolute Gasteiger partial charge is 0.100 e. The Kier molecular flexibility index (Phi) is 2.75. The standard InChI is InChI=1S/C11H20/c1-8(2)5-10(4)11-6-9(3)7-11/h9-11H,1,5-7H2,2-4H3. The first-order chi connectivity index (χ1) is 5.09. The summed E-state index contributed by atoms with van der Waals surface area (Å²) in [6.07, 6.45) is 4.14. The summed E-state index contributed by atoms with van der Waals surface area (Å²) in [6, 6.07) is 0. The van der Waals surface area contributed by atoms with Crippen LogP contribution in [-0.4, -0.2) is 0 Å². The first kappa shape index (κ1) is 8.83. The van der Waals surface area contributed by atoms with Crippen LogP contribution < -0.4 is 0 Å².